The first-order valence-electron chi connectivity index (χ1n) is 9.37. The Morgan fingerprint density at radius 1 is 1.00 bits per heavy atom. The van der Waals surface area contributed by atoms with Crippen molar-refractivity contribution in [1.29, 1.82) is 0 Å². The number of nitrogens with one attached hydrogen (secondary N) is 1. The summed E-state index contributed by atoms with van der Waals surface area (Å²) in [4.78, 5) is 15.1. The third kappa shape index (κ3) is 3.05. The van der Waals surface area contributed by atoms with Gasteiger partial charge in [-0.3, -0.25) is 0 Å². The van der Waals surface area contributed by atoms with Crippen LogP contribution in [0.1, 0.15) is 37.7 Å². The zero-order valence-electron chi connectivity index (χ0n) is 15.4. The first-order valence-corrected chi connectivity index (χ1v) is 9.37. The van der Waals surface area contributed by atoms with Gasteiger partial charge < -0.3 is 19.7 Å². The zero-order chi connectivity index (χ0) is 17.6. The van der Waals surface area contributed by atoms with Crippen LogP contribution in [0.2, 0.25) is 0 Å². The molecule has 5 heteroatoms. The molecule has 1 aromatic rings. The lowest BCUT2D eigenvalue weighted by Gasteiger charge is -2.38. The average Bonchev–Trinajstić information content (AvgIpc) is 2.79. The quantitative estimate of drug-likeness (QED) is 0.900. The Kier molecular flexibility index (Phi) is 4.26. The molecule has 2 saturated carbocycles. The molecule has 5 rings (SSSR count). The number of hydrogen-bond acceptors (Lipinski definition) is 3. The second-order valence-electron chi connectivity index (χ2n) is 8.04. The molecule has 0 aromatic heterocycles. The van der Waals surface area contributed by atoms with Crippen LogP contribution in [-0.2, 0) is 0 Å². The minimum atomic E-state index is 0.0357. The maximum absolute atomic E-state index is 13.0. The number of fused-ring (bicyclic) bond motifs is 1. The summed E-state index contributed by atoms with van der Waals surface area (Å²) in [5, 5.41) is 3.13. The average molecular weight is 344 g/mol. The van der Waals surface area contributed by atoms with Crippen LogP contribution in [0.3, 0.4) is 0 Å². The van der Waals surface area contributed by atoms with Crippen LogP contribution >= 0.6 is 0 Å². The summed E-state index contributed by atoms with van der Waals surface area (Å²) in [7, 11) is 3.24. The summed E-state index contributed by atoms with van der Waals surface area (Å²) in [6.45, 7) is 2.89. The number of nitrogens with zero attached hydrogens (tertiary/aromatic N) is 1. The second-order valence-corrected chi connectivity index (χ2v) is 8.04. The minimum absolute atomic E-state index is 0.0357. The molecular weight excluding hydrogens is 316 g/mol. The lowest BCUT2D eigenvalue weighted by Crippen LogP contribution is -2.44. The molecule has 4 aliphatic rings. The minimum Gasteiger partial charge on any atom is -0.493 e. The number of hydrogen-bond donors (Lipinski definition) is 1. The number of ether oxygens (including phenoxy) is 2. The van der Waals surface area contributed by atoms with Crippen LogP contribution in [0, 0.1) is 24.7 Å². The molecule has 2 aliphatic carbocycles. The number of urea groups is 1. The summed E-state index contributed by atoms with van der Waals surface area (Å²) in [6, 6.07) is 4.21. The van der Waals surface area contributed by atoms with Gasteiger partial charge in [0.25, 0.3) is 0 Å². The first kappa shape index (κ1) is 16.6. The van der Waals surface area contributed by atoms with Gasteiger partial charge >= 0.3 is 6.03 Å². The molecule has 2 saturated heterocycles. The van der Waals surface area contributed by atoms with Crippen molar-refractivity contribution in [2.45, 2.75) is 45.1 Å². The smallest absolute Gasteiger partial charge is 0.322 e. The van der Waals surface area contributed by atoms with Crippen LogP contribution in [0.4, 0.5) is 10.5 Å². The van der Waals surface area contributed by atoms with Crippen LogP contribution in [0.25, 0.3) is 0 Å². The lowest BCUT2D eigenvalue weighted by molar-refractivity contribution is 0.136. The fourth-order valence-electron chi connectivity index (χ4n) is 5.34. The maximum atomic E-state index is 13.0. The molecule has 2 atom stereocenters. The number of anilines is 1. The molecule has 2 heterocycles. The van der Waals surface area contributed by atoms with Gasteiger partial charge in [-0.25, -0.2) is 4.79 Å². The predicted molar refractivity (Wildman–Crippen MR) is 97.4 cm³/mol. The maximum Gasteiger partial charge on any atom is 0.322 e. The van der Waals surface area contributed by atoms with Crippen molar-refractivity contribution >= 4 is 11.7 Å². The van der Waals surface area contributed by atoms with E-state index in [1.165, 1.54) is 32.1 Å². The van der Waals surface area contributed by atoms with E-state index in [1.807, 2.05) is 19.1 Å². The van der Waals surface area contributed by atoms with Gasteiger partial charge in [0.05, 0.1) is 14.2 Å². The largest absolute Gasteiger partial charge is 0.493 e. The molecular formula is C20H28N2O3. The summed E-state index contributed by atoms with van der Waals surface area (Å²) < 4.78 is 10.7. The SMILES string of the molecule is COc1cc(C)c(NC(=O)N2CC3CC4CC(C3)CC2C4)cc1OC. The number of carbonyl (C=O) groups is 1. The molecule has 4 fully saturated rings. The van der Waals surface area contributed by atoms with Crippen molar-refractivity contribution in [3.05, 3.63) is 17.7 Å². The van der Waals surface area contributed by atoms with Gasteiger partial charge in [-0.05, 0) is 68.4 Å². The van der Waals surface area contributed by atoms with E-state index >= 15 is 0 Å². The molecule has 5 nitrogen and oxygen atoms in total. The Balaban J connectivity index is 1.54. The number of rotatable bonds is 3. The van der Waals surface area contributed by atoms with Crippen molar-refractivity contribution in [2.75, 3.05) is 26.1 Å². The number of aryl methyl sites for hydroxylation is 1. The Bertz CT molecular complexity index is 661. The van der Waals surface area contributed by atoms with E-state index in [-0.39, 0.29) is 6.03 Å². The van der Waals surface area contributed by atoms with Gasteiger partial charge in [0.1, 0.15) is 0 Å². The number of amides is 2. The number of methoxy groups -OCH3 is 2. The second kappa shape index (κ2) is 6.43. The van der Waals surface area contributed by atoms with Crippen LogP contribution in [0.5, 0.6) is 11.5 Å². The summed E-state index contributed by atoms with van der Waals surface area (Å²) >= 11 is 0. The van der Waals surface area contributed by atoms with Gasteiger partial charge in [0.15, 0.2) is 11.5 Å². The first-order chi connectivity index (χ1) is 12.1. The normalized spacial score (nSPS) is 30.1. The molecule has 0 spiro atoms. The predicted octanol–water partition coefficient (Wildman–Crippen LogP) is 4.05. The molecule has 2 amide bonds. The highest BCUT2D eigenvalue weighted by Gasteiger charge is 2.44. The molecule has 25 heavy (non-hydrogen) atoms. The molecule has 2 unspecified atom stereocenters. The fraction of sp³-hybridized carbons (Fsp3) is 0.650. The van der Waals surface area contributed by atoms with Gasteiger partial charge in [0.2, 0.25) is 0 Å². The van der Waals surface area contributed by atoms with Crippen molar-refractivity contribution in [1.82, 2.24) is 4.90 Å². The number of benzene rings is 1. The molecule has 1 N–H and O–H groups in total. The van der Waals surface area contributed by atoms with Crippen molar-refractivity contribution in [3.63, 3.8) is 0 Å². The van der Waals surface area contributed by atoms with Crippen molar-refractivity contribution in [3.8, 4) is 11.5 Å². The fourth-order valence-corrected chi connectivity index (χ4v) is 5.34. The topological polar surface area (TPSA) is 50.8 Å². The molecule has 4 bridgehead atoms. The van der Waals surface area contributed by atoms with Gasteiger partial charge in [-0.2, -0.15) is 0 Å². The van der Waals surface area contributed by atoms with E-state index in [0.717, 1.165) is 29.6 Å². The molecule has 2 aliphatic heterocycles. The van der Waals surface area contributed by atoms with E-state index in [4.69, 9.17) is 9.47 Å². The Morgan fingerprint density at radius 3 is 2.24 bits per heavy atom. The van der Waals surface area contributed by atoms with Gasteiger partial charge in [-0.15, -0.1) is 0 Å². The zero-order valence-corrected chi connectivity index (χ0v) is 15.4. The van der Waals surface area contributed by atoms with E-state index in [1.54, 1.807) is 14.2 Å². The summed E-state index contributed by atoms with van der Waals surface area (Å²) in [6.07, 6.45) is 6.38. The molecule has 1 aromatic carbocycles. The summed E-state index contributed by atoms with van der Waals surface area (Å²) in [5.74, 6) is 3.68. The van der Waals surface area contributed by atoms with Gasteiger partial charge in [-0.1, -0.05) is 0 Å². The highest BCUT2D eigenvalue weighted by atomic mass is 16.5. The van der Waals surface area contributed by atoms with Crippen molar-refractivity contribution < 1.29 is 14.3 Å². The van der Waals surface area contributed by atoms with E-state index in [0.29, 0.717) is 23.5 Å². The van der Waals surface area contributed by atoms with E-state index in [2.05, 4.69) is 10.2 Å². The summed E-state index contributed by atoms with van der Waals surface area (Å²) in [5.41, 5.74) is 1.78. The lowest BCUT2D eigenvalue weighted by atomic mass is 9.68. The third-order valence-electron chi connectivity index (χ3n) is 6.34. The Labute approximate surface area is 149 Å². The van der Waals surface area contributed by atoms with Crippen molar-refractivity contribution in [2.24, 2.45) is 17.8 Å². The van der Waals surface area contributed by atoms with E-state index < -0.39 is 0 Å². The number of carbonyl (C=O) groups excluding carboxylic acids is 1. The highest BCUT2D eigenvalue weighted by Crippen LogP contribution is 2.47. The molecule has 136 valence electrons. The monoisotopic (exact) mass is 344 g/mol. The van der Waals surface area contributed by atoms with Crippen LogP contribution < -0.4 is 14.8 Å². The Morgan fingerprint density at radius 2 is 1.60 bits per heavy atom. The Hall–Kier alpha value is -1.91. The highest BCUT2D eigenvalue weighted by molar-refractivity contribution is 5.91. The van der Waals surface area contributed by atoms with Gasteiger partial charge in [0, 0.05) is 24.3 Å². The van der Waals surface area contributed by atoms with Crippen LogP contribution in [0.15, 0.2) is 12.1 Å². The van der Waals surface area contributed by atoms with Crippen LogP contribution in [-0.4, -0.2) is 37.7 Å². The third-order valence-corrected chi connectivity index (χ3v) is 6.34. The molecule has 0 radical (unpaired) electrons. The van der Waals surface area contributed by atoms with E-state index in [9.17, 15) is 4.79 Å². The standard InChI is InChI=1S/C20H28N2O3/c1-12-4-18(24-2)19(25-3)10-17(12)21-20(23)22-11-15-6-13-5-14(7-15)9-16(22)8-13/h4,10,13-16H,5-9,11H2,1-3H3,(H,21,23).